The summed E-state index contributed by atoms with van der Waals surface area (Å²) >= 11 is 0. The SMILES string of the molecule is COc1cc(O)c2c(=O)cc(-c3ccc(O[C@H]4O[C@@H](CO)[C@H](O)[C@@H](O)[C@@H]4O)cc3)oc2c1[C@H]1C[C@H](O)[C@H](O)[C@@H](C)O1. The molecule has 9 atom stereocenters. The standard InChI is InChI=1S/C28H32O13/c1-11-23(33)16(32)9-19(38-11)22-18(37-2)8-15(31)21-14(30)7-17(40-27(21)22)12-3-5-13(6-4-12)39-28-26(36)25(35)24(34)20(10-29)41-28/h3-8,11,16,19-20,23-26,28-29,31-36H,9-10H2,1-2H3/t11-,16+,19-,20+,23-,24+,25-,26+,28+/m1/s1. The summed E-state index contributed by atoms with van der Waals surface area (Å²) in [6.45, 7) is 1.00. The second kappa shape index (κ2) is 11.5. The van der Waals surface area contributed by atoms with Gasteiger partial charge < -0.3 is 59.1 Å². The second-order valence-electron chi connectivity index (χ2n) is 10.2. The lowest BCUT2D eigenvalue weighted by molar-refractivity contribution is -0.277. The Kier molecular flexibility index (Phi) is 8.23. The fourth-order valence-corrected chi connectivity index (χ4v) is 5.18. The van der Waals surface area contributed by atoms with Crippen LogP contribution in [0.5, 0.6) is 17.2 Å². The lowest BCUT2D eigenvalue weighted by Crippen LogP contribution is -2.60. The van der Waals surface area contributed by atoms with Crippen molar-refractivity contribution in [1.82, 2.24) is 0 Å². The minimum atomic E-state index is -1.60. The van der Waals surface area contributed by atoms with Crippen LogP contribution in [0.2, 0.25) is 0 Å². The molecule has 2 aromatic carbocycles. The number of aliphatic hydroxyl groups excluding tert-OH is 6. The van der Waals surface area contributed by atoms with E-state index in [4.69, 9.17) is 23.4 Å². The molecule has 3 aromatic rings. The van der Waals surface area contributed by atoms with Crippen molar-refractivity contribution in [3.05, 3.63) is 52.2 Å². The molecular formula is C28H32O13. The third-order valence-electron chi connectivity index (χ3n) is 7.47. The predicted molar refractivity (Wildman–Crippen MR) is 140 cm³/mol. The van der Waals surface area contributed by atoms with E-state index in [0.717, 1.165) is 0 Å². The molecule has 3 heterocycles. The molecule has 1 aromatic heterocycles. The number of hydrogen-bond acceptors (Lipinski definition) is 13. The van der Waals surface area contributed by atoms with Crippen molar-refractivity contribution in [3.8, 4) is 28.6 Å². The molecule has 0 spiro atoms. The van der Waals surface area contributed by atoms with E-state index in [1.165, 1.54) is 31.4 Å². The zero-order valence-electron chi connectivity index (χ0n) is 22.2. The minimum absolute atomic E-state index is 0.00761. The Morgan fingerprint density at radius 3 is 2.29 bits per heavy atom. The molecule has 2 fully saturated rings. The van der Waals surface area contributed by atoms with E-state index in [1.54, 1.807) is 19.1 Å². The Labute approximate surface area is 233 Å². The summed E-state index contributed by atoms with van der Waals surface area (Å²) in [6, 6.07) is 8.58. The van der Waals surface area contributed by atoms with Crippen molar-refractivity contribution < 1.29 is 59.1 Å². The number of phenols is 1. The van der Waals surface area contributed by atoms with Crippen molar-refractivity contribution in [2.24, 2.45) is 0 Å². The van der Waals surface area contributed by atoms with Crippen LogP contribution in [0, 0.1) is 0 Å². The van der Waals surface area contributed by atoms with Gasteiger partial charge in [-0.3, -0.25) is 4.79 Å². The van der Waals surface area contributed by atoms with Gasteiger partial charge in [0, 0.05) is 24.1 Å². The molecular weight excluding hydrogens is 544 g/mol. The number of hydrogen-bond donors (Lipinski definition) is 7. The normalized spacial score (nSPS) is 32.1. The molecule has 0 bridgehead atoms. The molecule has 0 radical (unpaired) electrons. The third kappa shape index (κ3) is 5.38. The summed E-state index contributed by atoms with van der Waals surface area (Å²) in [4.78, 5) is 13.2. The number of ether oxygens (including phenoxy) is 4. The molecule has 222 valence electrons. The predicted octanol–water partition coefficient (Wildman–Crippen LogP) is -0.0754. The van der Waals surface area contributed by atoms with Crippen molar-refractivity contribution in [3.63, 3.8) is 0 Å². The monoisotopic (exact) mass is 576 g/mol. The van der Waals surface area contributed by atoms with Crippen LogP contribution in [0.25, 0.3) is 22.3 Å². The van der Waals surface area contributed by atoms with Crippen LogP contribution in [0.1, 0.15) is 25.0 Å². The Balaban J connectivity index is 1.49. The van der Waals surface area contributed by atoms with Gasteiger partial charge in [-0.25, -0.2) is 0 Å². The number of benzene rings is 2. The zero-order chi connectivity index (χ0) is 29.6. The average molecular weight is 577 g/mol. The van der Waals surface area contributed by atoms with Gasteiger partial charge in [0.2, 0.25) is 6.29 Å². The summed E-state index contributed by atoms with van der Waals surface area (Å²) in [5.74, 6) is 0.131. The van der Waals surface area contributed by atoms with E-state index < -0.39 is 67.2 Å². The van der Waals surface area contributed by atoms with Gasteiger partial charge in [-0.2, -0.15) is 0 Å². The Bertz CT molecular complexity index is 1420. The first-order valence-electron chi connectivity index (χ1n) is 13.0. The Hall–Kier alpha value is -3.27. The highest BCUT2D eigenvalue weighted by Crippen LogP contribution is 2.44. The maximum atomic E-state index is 13.2. The van der Waals surface area contributed by atoms with Crippen LogP contribution >= 0.6 is 0 Å². The second-order valence-corrected chi connectivity index (χ2v) is 10.2. The van der Waals surface area contributed by atoms with Gasteiger partial charge in [-0.1, -0.05) is 0 Å². The first-order valence-corrected chi connectivity index (χ1v) is 13.0. The average Bonchev–Trinajstić information content (AvgIpc) is 2.95. The van der Waals surface area contributed by atoms with Crippen LogP contribution in [-0.2, 0) is 9.47 Å². The fourth-order valence-electron chi connectivity index (χ4n) is 5.18. The zero-order valence-corrected chi connectivity index (χ0v) is 22.2. The van der Waals surface area contributed by atoms with E-state index >= 15 is 0 Å². The van der Waals surface area contributed by atoms with Gasteiger partial charge in [0.15, 0.2) is 11.0 Å². The number of aromatic hydroxyl groups is 1. The van der Waals surface area contributed by atoms with Gasteiger partial charge in [0.05, 0.1) is 37.6 Å². The summed E-state index contributed by atoms with van der Waals surface area (Å²) in [7, 11) is 1.37. The maximum Gasteiger partial charge on any atom is 0.229 e. The van der Waals surface area contributed by atoms with Crippen molar-refractivity contribution in [2.75, 3.05) is 13.7 Å². The van der Waals surface area contributed by atoms with E-state index in [2.05, 4.69) is 0 Å². The third-order valence-corrected chi connectivity index (χ3v) is 7.47. The highest BCUT2D eigenvalue weighted by atomic mass is 16.7. The summed E-state index contributed by atoms with van der Waals surface area (Å²) in [5.41, 5.74) is 0.173. The number of aliphatic hydroxyl groups is 6. The summed E-state index contributed by atoms with van der Waals surface area (Å²) in [6.07, 6.45) is -11.0. The molecule has 2 saturated heterocycles. The molecule has 13 nitrogen and oxygen atoms in total. The van der Waals surface area contributed by atoms with Crippen LogP contribution in [-0.4, -0.2) is 98.5 Å². The van der Waals surface area contributed by atoms with Crippen molar-refractivity contribution in [2.45, 2.75) is 68.5 Å². The molecule has 0 amide bonds. The van der Waals surface area contributed by atoms with E-state index in [-0.39, 0.29) is 40.4 Å². The van der Waals surface area contributed by atoms with Gasteiger partial charge in [0.1, 0.15) is 58.9 Å². The number of fused-ring (bicyclic) bond motifs is 1. The first-order chi connectivity index (χ1) is 19.5. The molecule has 2 aliphatic heterocycles. The van der Waals surface area contributed by atoms with Crippen molar-refractivity contribution in [1.29, 1.82) is 0 Å². The van der Waals surface area contributed by atoms with Gasteiger partial charge in [0.25, 0.3) is 0 Å². The van der Waals surface area contributed by atoms with Crippen molar-refractivity contribution >= 4 is 11.0 Å². The molecule has 7 N–H and O–H groups in total. The fraction of sp³-hybridized carbons (Fsp3) is 0.464. The van der Waals surface area contributed by atoms with Gasteiger partial charge in [-0.15, -0.1) is 0 Å². The summed E-state index contributed by atoms with van der Waals surface area (Å²) in [5, 5.41) is 70.6. The Morgan fingerprint density at radius 1 is 0.951 bits per heavy atom. The summed E-state index contributed by atoms with van der Waals surface area (Å²) < 4.78 is 28.5. The lowest BCUT2D eigenvalue weighted by atomic mass is 9.92. The van der Waals surface area contributed by atoms with Crippen LogP contribution < -0.4 is 14.9 Å². The molecule has 0 unspecified atom stereocenters. The van der Waals surface area contributed by atoms with Gasteiger partial charge in [-0.05, 0) is 31.2 Å². The number of rotatable bonds is 6. The molecule has 0 aliphatic carbocycles. The van der Waals surface area contributed by atoms with Crippen LogP contribution in [0.4, 0.5) is 0 Å². The van der Waals surface area contributed by atoms with E-state index in [1.807, 2.05) is 0 Å². The topological polar surface area (TPSA) is 209 Å². The largest absolute Gasteiger partial charge is 0.507 e. The molecule has 2 aliphatic rings. The van der Waals surface area contributed by atoms with E-state index in [0.29, 0.717) is 11.1 Å². The van der Waals surface area contributed by atoms with Gasteiger partial charge >= 0.3 is 0 Å². The highest BCUT2D eigenvalue weighted by molar-refractivity contribution is 5.89. The lowest BCUT2D eigenvalue weighted by Gasteiger charge is -2.39. The molecule has 13 heteroatoms. The first kappa shape index (κ1) is 29.2. The quantitative estimate of drug-likeness (QED) is 0.205. The highest BCUT2D eigenvalue weighted by Gasteiger charge is 2.44. The Morgan fingerprint density at radius 2 is 1.66 bits per heavy atom. The van der Waals surface area contributed by atoms with E-state index in [9.17, 15) is 40.5 Å². The molecule has 0 saturated carbocycles. The molecule has 5 rings (SSSR count). The minimum Gasteiger partial charge on any atom is -0.507 e. The number of methoxy groups -OCH3 is 1. The number of phenolic OH excluding ortho intramolecular Hbond substituents is 1. The van der Waals surface area contributed by atoms with Crippen LogP contribution in [0.3, 0.4) is 0 Å². The maximum absolute atomic E-state index is 13.2. The smallest absolute Gasteiger partial charge is 0.229 e. The van der Waals surface area contributed by atoms with Crippen LogP contribution in [0.15, 0.2) is 45.6 Å². The molecule has 41 heavy (non-hydrogen) atoms.